The molecule has 1 fully saturated rings. The summed E-state index contributed by atoms with van der Waals surface area (Å²) in [5.74, 6) is 5.41. The summed E-state index contributed by atoms with van der Waals surface area (Å²) in [6, 6.07) is 0. The minimum atomic E-state index is -0.456. The van der Waals surface area contributed by atoms with Crippen molar-refractivity contribution >= 4 is 18.3 Å². The first-order valence-electron chi connectivity index (χ1n) is 5.58. The average Bonchev–Trinajstić information content (AvgIpc) is 2.60. The lowest BCUT2D eigenvalue weighted by molar-refractivity contribution is 0.0278. The number of nitrogens with two attached hydrogens (primary N) is 1. The molecule has 1 amide bonds. The SMILES string of the molecule is CN(N)SOC1CCN(C(=O)OC(C)(C)C)C1. The van der Waals surface area contributed by atoms with Crippen molar-refractivity contribution in [2.45, 2.75) is 38.9 Å². The molecule has 0 aromatic carbocycles. The standard InChI is InChI=1S/C10H21N3O3S/c1-10(2,3)15-9(14)13-6-5-8(7-13)16-17-12(4)11/h8H,5-7,11H2,1-4H3. The van der Waals surface area contributed by atoms with Crippen LogP contribution in [0.5, 0.6) is 0 Å². The molecule has 1 aliphatic heterocycles. The average molecular weight is 263 g/mol. The summed E-state index contributed by atoms with van der Waals surface area (Å²) in [6.45, 7) is 6.78. The Balaban J connectivity index is 2.32. The number of amides is 1. The molecule has 2 N–H and O–H groups in total. The van der Waals surface area contributed by atoms with Crippen LogP contribution in [0, 0.1) is 0 Å². The van der Waals surface area contributed by atoms with Crippen molar-refractivity contribution in [2.75, 3.05) is 20.1 Å². The zero-order valence-electron chi connectivity index (χ0n) is 10.8. The largest absolute Gasteiger partial charge is 0.444 e. The number of nitrogens with zero attached hydrogens (tertiary/aromatic N) is 2. The first-order valence-corrected chi connectivity index (χ1v) is 6.27. The second-order valence-electron chi connectivity index (χ2n) is 5.05. The molecular formula is C10H21N3O3S. The number of carbonyl (C=O) groups is 1. The summed E-state index contributed by atoms with van der Waals surface area (Å²) in [5.41, 5.74) is -0.456. The number of rotatable bonds is 3. The normalized spacial score (nSPS) is 21.1. The van der Waals surface area contributed by atoms with Gasteiger partial charge in [0.15, 0.2) is 0 Å². The van der Waals surface area contributed by atoms with E-state index in [1.54, 1.807) is 11.9 Å². The Hall–Kier alpha value is -0.500. The van der Waals surface area contributed by atoms with Gasteiger partial charge in [0.2, 0.25) is 0 Å². The van der Waals surface area contributed by atoms with Gasteiger partial charge in [-0.15, -0.1) is 0 Å². The summed E-state index contributed by atoms with van der Waals surface area (Å²) in [6.07, 6.45) is 0.535. The van der Waals surface area contributed by atoms with Gasteiger partial charge in [-0.25, -0.2) is 4.79 Å². The monoisotopic (exact) mass is 263 g/mol. The molecule has 1 rings (SSSR count). The maximum absolute atomic E-state index is 11.8. The topological polar surface area (TPSA) is 68.0 Å². The van der Waals surface area contributed by atoms with Crippen LogP contribution < -0.4 is 5.84 Å². The summed E-state index contributed by atoms with van der Waals surface area (Å²) in [7, 11) is 1.70. The Morgan fingerprint density at radius 2 is 2.18 bits per heavy atom. The van der Waals surface area contributed by atoms with Gasteiger partial charge < -0.3 is 9.64 Å². The molecule has 17 heavy (non-hydrogen) atoms. The van der Waals surface area contributed by atoms with Crippen molar-refractivity contribution in [1.29, 1.82) is 0 Å². The van der Waals surface area contributed by atoms with E-state index < -0.39 is 5.60 Å². The van der Waals surface area contributed by atoms with Crippen LogP contribution in [0.3, 0.4) is 0 Å². The van der Waals surface area contributed by atoms with Gasteiger partial charge in [0.25, 0.3) is 0 Å². The third-order valence-electron chi connectivity index (χ3n) is 2.09. The summed E-state index contributed by atoms with van der Waals surface area (Å²) in [4.78, 5) is 13.4. The molecule has 1 atom stereocenters. The van der Waals surface area contributed by atoms with Crippen LogP contribution in [0.15, 0.2) is 0 Å². The summed E-state index contributed by atoms with van der Waals surface area (Å²) < 4.78 is 12.1. The fraction of sp³-hybridized carbons (Fsp3) is 0.900. The Morgan fingerprint density at radius 3 is 2.71 bits per heavy atom. The second kappa shape index (κ2) is 5.90. The number of likely N-dealkylation sites (tertiary alicyclic amines) is 1. The molecule has 7 heteroatoms. The van der Waals surface area contributed by atoms with Gasteiger partial charge >= 0.3 is 6.09 Å². The quantitative estimate of drug-likeness (QED) is 0.359. The minimum Gasteiger partial charge on any atom is -0.444 e. The van der Waals surface area contributed by atoms with Gasteiger partial charge in [0, 0.05) is 13.6 Å². The molecule has 1 heterocycles. The number of hydrogen-bond donors (Lipinski definition) is 1. The predicted molar refractivity (Wildman–Crippen MR) is 66.8 cm³/mol. The molecule has 6 nitrogen and oxygen atoms in total. The highest BCUT2D eigenvalue weighted by atomic mass is 32.2. The minimum absolute atomic E-state index is 0.0125. The molecule has 100 valence electrons. The van der Waals surface area contributed by atoms with E-state index >= 15 is 0 Å². The zero-order valence-corrected chi connectivity index (χ0v) is 11.6. The molecule has 0 aliphatic carbocycles. The maximum Gasteiger partial charge on any atom is 0.410 e. The van der Waals surface area contributed by atoms with Gasteiger partial charge in [0.05, 0.1) is 24.9 Å². The molecule has 0 aromatic rings. The highest BCUT2D eigenvalue weighted by Crippen LogP contribution is 2.20. The summed E-state index contributed by atoms with van der Waals surface area (Å²) in [5, 5.41) is 0. The van der Waals surface area contributed by atoms with E-state index in [-0.39, 0.29) is 12.2 Å². The Kier molecular flexibility index (Phi) is 5.05. The van der Waals surface area contributed by atoms with Gasteiger partial charge in [-0.1, -0.05) is 0 Å². The van der Waals surface area contributed by atoms with E-state index in [2.05, 4.69) is 0 Å². The van der Waals surface area contributed by atoms with E-state index in [1.165, 1.54) is 4.41 Å². The highest BCUT2D eigenvalue weighted by molar-refractivity contribution is 7.92. The predicted octanol–water partition coefficient (Wildman–Crippen LogP) is 1.38. The van der Waals surface area contributed by atoms with Gasteiger partial charge in [-0.3, -0.25) is 10.0 Å². The lowest BCUT2D eigenvalue weighted by Gasteiger charge is -2.24. The van der Waals surface area contributed by atoms with Crippen LogP contribution >= 0.6 is 12.2 Å². The van der Waals surface area contributed by atoms with Crippen LogP contribution in [0.2, 0.25) is 0 Å². The van der Waals surface area contributed by atoms with Gasteiger partial charge in [0.1, 0.15) is 5.60 Å². The van der Waals surface area contributed by atoms with Crippen LogP contribution in [0.1, 0.15) is 27.2 Å². The van der Waals surface area contributed by atoms with Crippen LogP contribution in [-0.2, 0) is 8.92 Å². The van der Waals surface area contributed by atoms with Crippen molar-refractivity contribution in [1.82, 2.24) is 9.31 Å². The van der Waals surface area contributed by atoms with Crippen LogP contribution in [0.25, 0.3) is 0 Å². The molecule has 0 saturated carbocycles. The van der Waals surface area contributed by atoms with Gasteiger partial charge in [-0.2, -0.15) is 4.41 Å². The highest BCUT2D eigenvalue weighted by Gasteiger charge is 2.30. The fourth-order valence-electron chi connectivity index (χ4n) is 1.43. The maximum atomic E-state index is 11.8. The van der Waals surface area contributed by atoms with Crippen LogP contribution in [0.4, 0.5) is 4.79 Å². The lowest BCUT2D eigenvalue weighted by Crippen LogP contribution is -2.36. The molecule has 1 unspecified atom stereocenters. The summed E-state index contributed by atoms with van der Waals surface area (Å²) >= 11 is 1.09. The molecule has 1 aliphatic rings. The number of carbonyl (C=O) groups excluding carboxylic acids is 1. The van der Waals surface area contributed by atoms with E-state index in [1.807, 2.05) is 20.8 Å². The Bertz CT molecular complexity index is 268. The smallest absolute Gasteiger partial charge is 0.410 e. The van der Waals surface area contributed by atoms with Gasteiger partial charge in [-0.05, 0) is 27.2 Å². The van der Waals surface area contributed by atoms with Crippen molar-refractivity contribution in [3.8, 4) is 0 Å². The van der Waals surface area contributed by atoms with E-state index in [4.69, 9.17) is 14.8 Å². The molecule has 0 bridgehead atoms. The molecule has 0 aromatic heterocycles. The Morgan fingerprint density at radius 1 is 1.53 bits per heavy atom. The third-order valence-corrected chi connectivity index (χ3v) is 2.69. The molecule has 0 spiro atoms. The van der Waals surface area contributed by atoms with Crippen molar-refractivity contribution in [3.63, 3.8) is 0 Å². The molecular weight excluding hydrogens is 242 g/mol. The number of ether oxygens (including phenoxy) is 1. The van der Waals surface area contributed by atoms with Crippen molar-refractivity contribution in [3.05, 3.63) is 0 Å². The fourth-order valence-corrected chi connectivity index (χ4v) is 1.84. The lowest BCUT2D eigenvalue weighted by atomic mass is 10.2. The molecule has 0 radical (unpaired) electrons. The first-order chi connectivity index (χ1) is 7.78. The number of hydrogen-bond acceptors (Lipinski definition) is 6. The third kappa shape index (κ3) is 5.58. The van der Waals surface area contributed by atoms with E-state index in [0.717, 1.165) is 18.6 Å². The number of hydrazine groups is 1. The zero-order chi connectivity index (χ0) is 13.1. The van der Waals surface area contributed by atoms with Crippen LogP contribution in [-0.4, -0.2) is 47.2 Å². The first kappa shape index (κ1) is 14.6. The van der Waals surface area contributed by atoms with E-state index in [0.29, 0.717) is 13.1 Å². The molecule has 1 saturated heterocycles. The van der Waals surface area contributed by atoms with Crippen molar-refractivity contribution in [2.24, 2.45) is 5.84 Å². The van der Waals surface area contributed by atoms with E-state index in [9.17, 15) is 4.79 Å². The van der Waals surface area contributed by atoms with Crippen molar-refractivity contribution < 1.29 is 13.7 Å². The second-order valence-corrected chi connectivity index (χ2v) is 5.97. The Labute approximate surface area is 107 Å².